The van der Waals surface area contributed by atoms with Crippen molar-refractivity contribution in [1.29, 1.82) is 0 Å². The predicted octanol–water partition coefficient (Wildman–Crippen LogP) is 6.89. The highest BCUT2D eigenvalue weighted by atomic mass is 79.9. The highest BCUT2D eigenvalue weighted by molar-refractivity contribution is 9.11. The van der Waals surface area contributed by atoms with Crippen LogP contribution in [0.4, 0.5) is 0 Å². The second-order valence-electron chi connectivity index (χ2n) is 4.90. The molecule has 4 rings (SSSR count). The SMILES string of the molecule is Brc1cc(C(Br)c2ccc3oc4ccccc4c3c2)cs1. The fourth-order valence-electron chi connectivity index (χ4n) is 2.55. The summed E-state index contributed by atoms with van der Waals surface area (Å²) in [6, 6.07) is 16.7. The lowest BCUT2D eigenvalue weighted by atomic mass is 10.0. The van der Waals surface area contributed by atoms with Gasteiger partial charge in [0.2, 0.25) is 0 Å². The quantitative estimate of drug-likeness (QED) is 0.321. The van der Waals surface area contributed by atoms with Crippen molar-refractivity contribution in [3.05, 3.63) is 68.8 Å². The average molecular weight is 422 g/mol. The van der Waals surface area contributed by atoms with Crippen molar-refractivity contribution in [1.82, 2.24) is 0 Å². The normalized spacial score (nSPS) is 13.0. The highest BCUT2D eigenvalue weighted by Gasteiger charge is 2.14. The van der Waals surface area contributed by atoms with Gasteiger partial charge in [0, 0.05) is 10.8 Å². The first kappa shape index (κ1) is 13.6. The Hall–Kier alpha value is -1.10. The van der Waals surface area contributed by atoms with Crippen LogP contribution in [0.2, 0.25) is 0 Å². The summed E-state index contributed by atoms with van der Waals surface area (Å²) in [5.41, 5.74) is 4.37. The van der Waals surface area contributed by atoms with Crippen molar-refractivity contribution in [3.8, 4) is 0 Å². The molecule has 0 bridgehead atoms. The summed E-state index contributed by atoms with van der Waals surface area (Å²) < 4.78 is 7.03. The summed E-state index contributed by atoms with van der Waals surface area (Å²) in [5, 5.41) is 4.50. The minimum atomic E-state index is 0.193. The van der Waals surface area contributed by atoms with Crippen LogP contribution < -0.4 is 0 Å². The van der Waals surface area contributed by atoms with E-state index in [1.165, 1.54) is 21.9 Å². The molecule has 1 unspecified atom stereocenters. The number of rotatable bonds is 2. The van der Waals surface area contributed by atoms with Crippen molar-refractivity contribution >= 4 is 65.1 Å². The molecular weight excluding hydrogens is 412 g/mol. The Balaban J connectivity index is 1.88. The van der Waals surface area contributed by atoms with Crippen LogP contribution in [0.1, 0.15) is 16.0 Å². The first-order valence-electron chi connectivity index (χ1n) is 6.51. The molecule has 0 aliphatic rings. The second-order valence-corrected chi connectivity index (χ2v) is 8.11. The van der Waals surface area contributed by atoms with Gasteiger partial charge < -0.3 is 4.42 Å². The summed E-state index contributed by atoms with van der Waals surface area (Å²) in [6.45, 7) is 0. The van der Waals surface area contributed by atoms with Crippen molar-refractivity contribution < 1.29 is 4.42 Å². The van der Waals surface area contributed by atoms with Gasteiger partial charge in [-0.3, -0.25) is 0 Å². The van der Waals surface area contributed by atoms with E-state index in [9.17, 15) is 0 Å². The van der Waals surface area contributed by atoms with Crippen molar-refractivity contribution in [2.75, 3.05) is 0 Å². The van der Waals surface area contributed by atoms with Crippen molar-refractivity contribution in [2.24, 2.45) is 0 Å². The van der Waals surface area contributed by atoms with E-state index in [1.807, 2.05) is 18.2 Å². The molecule has 2 aromatic heterocycles. The van der Waals surface area contributed by atoms with E-state index in [1.54, 1.807) is 11.3 Å². The van der Waals surface area contributed by atoms with E-state index < -0.39 is 0 Å². The zero-order valence-corrected chi connectivity index (χ0v) is 14.8. The minimum Gasteiger partial charge on any atom is -0.456 e. The smallest absolute Gasteiger partial charge is 0.135 e. The van der Waals surface area contributed by atoms with E-state index in [-0.39, 0.29) is 4.83 Å². The Morgan fingerprint density at radius 3 is 2.52 bits per heavy atom. The molecule has 1 nitrogen and oxygen atoms in total. The third-order valence-corrected chi connectivity index (χ3v) is 6.15. The van der Waals surface area contributed by atoms with Crippen LogP contribution in [-0.2, 0) is 0 Å². The fourth-order valence-corrected chi connectivity index (χ4v) is 4.48. The molecule has 104 valence electrons. The maximum absolute atomic E-state index is 5.88. The topological polar surface area (TPSA) is 13.1 Å². The predicted molar refractivity (Wildman–Crippen MR) is 96.5 cm³/mol. The number of hydrogen-bond acceptors (Lipinski definition) is 2. The van der Waals surface area contributed by atoms with E-state index in [2.05, 4.69) is 67.6 Å². The number of benzene rings is 2. The lowest BCUT2D eigenvalue weighted by molar-refractivity contribution is 0.669. The highest BCUT2D eigenvalue weighted by Crippen LogP contribution is 2.38. The van der Waals surface area contributed by atoms with Crippen LogP contribution in [0, 0.1) is 0 Å². The Morgan fingerprint density at radius 2 is 1.71 bits per heavy atom. The lowest BCUT2D eigenvalue weighted by Crippen LogP contribution is -1.89. The van der Waals surface area contributed by atoms with E-state index >= 15 is 0 Å². The van der Waals surface area contributed by atoms with Gasteiger partial charge >= 0.3 is 0 Å². The molecule has 4 aromatic rings. The number of para-hydroxylation sites is 1. The van der Waals surface area contributed by atoms with Crippen molar-refractivity contribution in [2.45, 2.75) is 4.83 Å². The van der Waals surface area contributed by atoms with Gasteiger partial charge in [0.05, 0.1) is 8.61 Å². The fraction of sp³-hybridized carbons (Fsp3) is 0.0588. The summed E-state index contributed by atoms with van der Waals surface area (Å²) >= 11 is 9.03. The maximum Gasteiger partial charge on any atom is 0.135 e. The van der Waals surface area contributed by atoms with E-state index in [0.717, 1.165) is 15.0 Å². The number of halogens is 2. The van der Waals surface area contributed by atoms with E-state index in [0.29, 0.717) is 0 Å². The molecule has 0 radical (unpaired) electrons. The molecule has 1 atom stereocenters. The minimum absolute atomic E-state index is 0.193. The number of hydrogen-bond donors (Lipinski definition) is 0. The van der Waals surface area contributed by atoms with Crippen LogP contribution in [0.15, 0.2) is 62.1 Å². The molecule has 2 aromatic carbocycles. The Morgan fingerprint density at radius 1 is 0.905 bits per heavy atom. The summed E-state index contributed by atoms with van der Waals surface area (Å²) in [5.74, 6) is 0. The summed E-state index contributed by atoms with van der Waals surface area (Å²) in [6.07, 6.45) is 0. The first-order valence-corrected chi connectivity index (χ1v) is 9.10. The van der Waals surface area contributed by atoms with Gasteiger partial charge in [-0.2, -0.15) is 0 Å². The Kier molecular flexibility index (Phi) is 3.40. The molecule has 0 fully saturated rings. The monoisotopic (exact) mass is 420 g/mol. The average Bonchev–Trinajstić information content (AvgIpc) is 3.09. The van der Waals surface area contributed by atoms with Gasteiger partial charge in [-0.05, 0) is 56.7 Å². The third kappa shape index (κ3) is 2.35. The summed E-state index contributed by atoms with van der Waals surface area (Å²) in [4.78, 5) is 0.193. The molecule has 0 saturated carbocycles. The second kappa shape index (κ2) is 5.27. The molecule has 0 aliphatic carbocycles. The number of alkyl halides is 1. The number of thiophene rings is 1. The lowest BCUT2D eigenvalue weighted by Gasteiger charge is -2.08. The van der Waals surface area contributed by atoms with Crippen LogP contribution >= 0.6 is 43.2 Å². The van der Waals surface area contributed by atoms with Crippen LogP contribution in [0.3, 0.4) is 0 Å². The first-order chi connectivity index (χ1) is 10.2. The maximum atomic E-state index is 5.88. The van der Waals surface area contributed by atoms with Gasteiger partial charge in [0.15, 0.2) is 0 Å². The molecule has 2 heterocycles. The molecule has 0 amide bonds. The standard InChI is InChI=1S/C17H10Br2OS/c18-16-8-11(9-21-16)17(19)10-5-6-15-13(7-10)12-3-1-2-4-14(12)20-15/h1-9,17H. The molecule has 21 heavy (non-hydrogen) atoms. The summed E-state index contributed by atoms with van der Waals surface area (Å²) in [7, 11) is 0. The zero-order valence-electron chi connectivity index (χ0n) is 10.8. The number of fused-ring (bicyclic) bond motifs is 3. The number of furan rings is 1. The van der Waals surface area contributed by atoms with Gasteiger partial charge in [-0.1, -0.05) is 40.2 Å². The molecular formula is C17H10Br2OS. The van der Waals surface area contributed by atoms with Gasteiger partial charge in [-0.25, -0.2) is 0 Å². The van der Waals surface area contributed by atoms with E-state index in [4.69, 9.17) is 4.42 Å². The molecule has 0 N–H and O–H groups in total. The van der Waals surface area contributed by atoms with Gasteiger partial charge in [0.1, 0.15) is 11.2 Å². The third-order valence-electron chi connectivity index (χ3n) is 3.57. The van der Waals surface area contributed by atoms with Crippen LogP contribution in [0.25, 0.3) is 21.9 Å². The Bertz CT molecular complexity index is 938. The molecule has 4 heteroatoms. The van der Waals surface area contributed by atoms with Crippen LogP contribution in [0.5, 0.6) is 0 Å². The van der Waals surface area contributed by atoms with Gasteiger partial charge in [0.25, 0.3) is 0 Å². The van der Waals surface area contributed by atoms with Crippen LogP contribution in [-0.4, -0.2) is 0 Å². The molecule has 0 aliphatic heterocycles. The van der Waals surface area contributed by atoms with Crippen molar-refractivity contribution in [3.63, 3.8) is 0 Å². The van der Waals surface area contributed by atoms with Gasteiger partial charge in [-0.15, -0.1) is 11.3 Å². The Labute approximate surface area is 142 Å². The molecule has 0 saturated heterocycles. The largest absolute Gasteiger partial charge is 0.456 e. The zero-order chi connectivity index (χ0) is 14.4. The molecule has 0 spiro atoms.